The summed E-state index contributed by atoms with van der Waals surface area (Å²) < 4.78 is 5.05. The summed E-state index contributed by atoms with van der Waals surface area (Å²) in [6.45, 7) is 4.43. The second kappa shape index (κ2) is 5.86. The fraction of sp³-hybridized carbons (Fsp3) is 0.667. The predicted molar refractivity (Wildman–Crippen MR) is 58.9 cm³/mol. The molecule has 2 heteroatoms. The number of unbranched alkanes of at least 4 members (excludes halogenated alkanes) is 1. The maximum Gasteiger partial charge on any atom is 0.0950 e. The van der Waals surface area contributed by atoms with Gasteiger partial charge in [0, 0.05) is 11.6 Å². The van der Waals surface area contributed by atoms with Crippen molar-refractivity contribution in [1.29, 1.82) is 0 Å². The van der Waals surface area contributed by atoms with Crippen LogP contribution < -0.4 is 5.73 Å². The van der Waals surface area contributed by atoms with Crippen molar-refractivity contribution in [3.8, 4) is 0 Å². The van der Waals surface area contributed by atoms with Crippen molar-refractivity contribution in [2.45, 2.75) is 45.6 Å². The van der Waals surface area contributed by atoms with E-state index in [2.05, 4.69) is 13.8 Å². The highest BCUT2D eigenvalue weighted by molar-refractivity contribution is 5.11. The molecule has 1 rings (SSSR count). The minimum absolute atomic E-state index is 0.144. The molecule has 0 amide bonds. The molecule has 0 saturated heterocycles. The Kier molecular flexibility index (Phi) is 4.74. The van der Waals surface area contributed by atoms with Gasteiger partial charge in [0.05, 0.1) is 12.5 Å². The Morgan fingerprint density at radius 1 is 1.43 bits per heavy atom. The van der Waals surface area contributed by atoms with E-state index in [1.807, 2.05) is 6.07 Å². The van der Waals surface area contributed by atoms with E-state index in [-0.39, 0.29) is 6.04 Å². The first-order valence-corrected chi connectivity index (χ1v) is 5.57. The molecule has 0 aliphatic heterocycles. The highest BCUT2D eigenvalue weighted by Crippen LogP contribution is 2.26. The third kappa shape index (κ3) is 2.88. The molecule has 0 fully saturated rings. The summed E-state index contributed by atoms with van der Waals surface area (Å²) in [6.07, 6.45) is 8.34. The molecule has 0 aliphatic carbocycles. The summed E-state index contributed by atoms with van der Waals surface area (Å²) in [4.78, 5) is 0. The van der Waals surface area contributed by atoms with Crippen molar-refractivity contribution in [2.75, 3.05) is 0 Å². The number of hydrogen-bond donors (Lipinski definition) is 1. The van der Waals surface area contributed by atoms with Crippen LogP contribution in [0.4, 0.5) is 0 Å². The topological polar surface area (TPSA) is 39.2 Å². The van der Waals surface area contributed by atoms with Crippen LogP contribution in [0.2, 0.25) is 0 Å². The van der Waals surface area contributed by atoms with Crippen LogP contribution in [-0.2, 0) is 0 Å². The number of hydrogen-bond acceptors (Lipinski definition) is 2. The Balaban J connectivity index is 2.51. The lowest BCUT2D eigenvalue weighted by atomic mass is 9.89. The van der Waals surface area contributed by atoms with Crippen LogP contribution in [0.5, 0.6) is 0 Å². The maximum atomic E-state index is 6.17. The van der Waals surface area contributed by atoms with E-state index in [0.717, 1.165) is 12.0 Å². The van der Waals surface area contributed by atoms with Crippen LogP contribution in [-0.4, -0.2) is 0 Å². The van der Waals surface area contributed by atoms with Gasteiger partial charge < -0.3 is 10.2 Å². The molecule has 2 unspecified atom stereocenters. The lowest BCUT2D eigenvalue weighted by molar-refractivity contribution is 0.376. The van der Waals surface area contributed by atoms with Gasteiger partial charge in [0.1, 0.15) is 0 Å². The van der Waals surface area contributed by atoms with Crippen molar-refractivity contribution in [2.24, 2.45) is 11.7 Å². The second-order valence-corrected chi connectivity index (χ2v) is 3.89. The normalized spacial score (nSPS) is 15.4. The predicted octanol–water partition coefficient (Wildman–Crippen LogP) is 3.50. The van der Waals surface area contributed by atoms with Crippen molar-refractivity contribution >= 4 is 0 Å². The second-order valence-electron chi connectivity index (χ2n) is 3.89. The van der Waals surface area contributed by atoms with E-state index in [9.17, 15) is 0 Å². The summed E-state index contributed by atoms with van der Waals surface area (Å²) in [5.74, 6) is 0.590. The molecular weight excluding hydrogens is 174 g/mol. The third-order valence-electron chi connectivity index (χ3n) is 2.89. The summed E-state index contributed by atoms with van der Waals surface area (Å²) in [6, 6.07) is 2.12. The van der Waals surface area contributed by atoms with Gasteiger partial charge in [0.2, 0.25) is 0 Å². The van der Waals surface area contributed by atoms with Gasteiger partial charge in [-0.15, -0.1) is 0 Å². The zero-order chi connectivity index (χ0) is 10.4. The molecular formula is C12H21NO. The average Bonchev–Trinajstić information content (AvgIpc) is 2.71. The van der Waals surface area contributed by atoms with E-state index in [1.54, 1.807) is 12.5 Å². The maximum absolute atomic E-state index is 6.17. The molecule has 1 heterocycles. The van der Waals surface area contributed by atoms with Crippen LogP contribution in [0.25, 0.3) is 0 Å². The Labute approximate surface area is 86.5 Å². The van der Waals surface area contributed by atoms with Gasteiger partial charge in [0.15, 0.2) is 0 Å². The van der Waals surface area contributed by atoms with E-state index < -0.39 is 0 Å². The minimum Gasteiger partial charge on any atom is -0.472 e. The van der Waals surface area contributed by atoms with Crippen LogP contribution in [0, 0.1) is 5.92 Å². The molecule has 1 aromatic heterocycles. The molecule has 0 bridgehead atoms. The Hall–Kier alpha value is -0.760. The van der Waals surface area contributed by atoms with Crippen molar-refractivity contribution < 1.29 is 4.42 Å². The molecule has 2 nitrogen and oxygen atoms in total. The Bertz CT molecular complexity index is 230. The Morgan fingerprint density at radius 2 is 2.21 bits per heavy atom. The van der Waals surface area contributed by atoms with E-state index in [1.165, 1.54) is 19.3 Å². The average molecular weight is 195 g/mol. The fourth-order valence-corrected chi connectivity index (χ4v) is 1.84. The molecule has 2 atom stereocenters. The van der Waals surface area contributed by atoms with Gasteiger partial charge in [-0.25, -0.2) is 0 Å². The molecule has 2 N–H and O–H groups in total. The first-order chi connectivity index (χ1) is 6.79. The van der Waals surface area contributed by atoms with Gasteiger partial charge in [-0.05, 0) is 18.4 Å². The summed E-state index contributed by atoms with van der Waals surface area (Å²) >= 11 is 0. The van der Waals surface area contributed by atoms with E-state index in [0.29, 0.717) is 5.92 Å². The zero-order valence-corrected chi connectivity index (χ0v) is 9.20. The van der Waals surface area contributed by atoms with Crippen LogP contribution in [0.15, 0.2) is 23.0 Å². The van der Waals surface area contributed by atoms with Gasteiger partial charge in [-0.2, -0.15) is 0 Å². The van der Waals surface area contributed by atoms with Gasteiger partial charge >= 0.3 is 0 Å². The molecule has 0 radical (unpaired) electrons. The first-order valence-electron chi connectivity index (χ1n) is 5.57. The zero-order valence-electron chi connectivity index (χ0n) is 9.20. The van der Waals surface area contributed by atoms with E-state index in [4.69, 9.17) is 10.2 Å². The summed E-state index contributed by atoms with van der Waals surface area (Å²) in [5, 5.41) is 0. The van der Waals surface area contributed by atoms with Crippen LogP contribution in [0.1, 0.15) is 51.1 Å². The molecule has 0 spiro atoms. The van der Waals surface area contributed by atoms with Gasteiger partial charge in [-0.1, -0.05) is 33.1 Å². The lowest BCUT2D eigenvalue weighted by Crippen LogP contribution is -2.20. The minimum atomic E-state index is 0.144. The smallest absolute Gasteiger partial charge is 0.0950 e. The highest BCUT2D eigenvalue weighted by Gasteiger charge is 2.17. The Morgan fingerprint density at radius 3 is 2.71 bits per heavy atom. The lowest BCUT2D eigenvalue weighted by Gasteiger charge is -2.21. The van der Waals surface area contributed by atoms with Gasteiger partial charge in [-0.3, -0.25) is 0 Å². The highest BCUT2D eigenvalue weighted by atomic mass is 16.3. The first kappa shape index (κ1) is 11.3. The molecule has 0 aromatic carbocycles. The molecule has 1 aromatic rings. The molecule has 0 saturated carbocycles. The summed E-state index contributed by atoms with van der Waals surface area (Å²) in [7, 11) is 0. The number of rotatable bonds is 6. The molecule has 14 heavy (non-hydrogen) atoms. The number of furan rings is 1. The van der Waals surface area contributed by atoms with Crippen molar-refractivity contribution in [3.05, 3.63) is 24.2 Å². The third-order valence-corrected chi connectivity index (χ3v) is 2.89. The van der Waals surface area contributed by atoms with Crippen LogP contribution in [0.3, 0.4) is 0 Å². The SMILES string of the molecule is CCCCC(CC)C(N)c1ccoc1. The molecule has 0 aliphatic rings. The largest absolute Gasteiger partial charge is 0.472 e. The van der Waals surface area contributed by atoms with Crippen LogP contribution >= 0.6 is 0 Å². The quantitative estimate of drug-likeness (QED) is 0.754. The standard InChI is InChI=1S/C12H21NO/c1-3-5-6-10(4-2)12(13)11-7-8-14-9-11/h7-10,12H,3-6,13H2,1-2H3. The number of nitrogens with two attached hydrogens (primary N) is 1. The molecule has 80 valence electrons. The summed E-state index contributed by atoms with van der Waals surface area (Å²) in [5.41, 5.74) is 7.31. The fourth-order valence-electron chi connectivity index (χ4n) is 1.84. The monoisotopic (exact) mass is 195 g/mol. The van der Waals surface area contributed by atoms with Gasteiger partial charge in [0.25, 0.3) is 0 Å². The van der Waals surface area contributed by atoms with Crippen molar-refractivity contribution in [1.82, 2.24) is 0 Å². The van der Waals surface area contributed by atoms with E-state index >= 15 is 0 Å². The van der Waals surface area contributed by atoms with Crippen molar-refractivity contribution in [3.63, 3.8) is 0 Å².